The van der Waals surface area contributed by atoms with Crippen LogP contribution < -0.4 is 0 Å². The minimum absolute atomic E-state index is 0.0839. The highest BCUT2D eigenvalue weighted by atomic mass is 19.2. The van der Waals surface area contributed by atoms with Crippen LogP contribution in [0.15, 0.2) is 30.3 Å². The lowest BCUT2D eigenvalue weighted by Gasteiger charge is -2.09. The van der Waals surface area contributed by atoms with Gasteiger partial charge in [0.2, 0.25) is 5.82 Å². The third-order valence-corrected chi connectivity index (χ3v) is 3.14. The zero-order chi connectivity index (χ0) is 17.0. The van der Waals surface area contributed by atoms with Crippen LogP contribution in [-0.2, 0) is 22.6 Å². The molecule has 0 aliphatic rings. The quantitative estimate of drug-likeness (QED) is 0.358. The van der Waals surface area contributed by atoms with Crippen molar-refractivity contribution in [2.45, 2.75) is 19.4 Å². The molecular weight excluding hydrogens is 319 g/mol. The Labute approximate surface area is 128 Å². The normalized spacial score (nSPS) is 10.7. The van der Waals surface area contributed by atoms with E-state index in [0.29, 0.717) is 6.42 Å². The van der Waals surface area contributed by atoms with Crippen LogP contribution in [0.2, 0.25) is 0 Å². The summed E-state index contributed by atoms with van der Waals surface area (Å²) in [5, 5.41) is 0. The van der Waals surface area contributed by atoms with E-state index in [1.807, 2.05) is 0 Å². The fourth-order valence-electron chi connectivity index (χ4n) is 1.89. The van der Waals surface area contributed by atoms with Gasteiger partial charge in [-0.3, -0.25) is 4.79 Å². The summed E-state index contributed by atoms with van der Waals surface area (Å²) in [6.07, 6.45) is 0.246. The lowest BCUT2D eigenvalue weighted by molar-refractivity contribution is -0.145. The maximum atomic E-state index is 13.4. The van der Waals surface area contributed by atoms with Gasteiger partial charge in [0.1, 0.15) is 6.61 Å². The van der Waals surface area contributed by atoms with E-state index in [1.165, 1.54) is 0 Å². The molecule has 2 nitrogen and oxygen atoms in total. The van der Waals surface area contributed by atoms with Gasteiger partial charge in [0, 0.05) is 6.42 Å². The van der Waals surface area contributed by atoms with Gasteiger partial charge < -0.3 is 4.74 Å². The summed E-state index contributed by atoms with van der Waals surface area (Å²) in [4.78, 5) is 11.5. The molecule has 0 amide bonds. The molecule has 0 aliphatic heterocycles. The molecule has 0 bridgehead atoms. The summed E-state index contributed by atoms with van der Waals surface area (Å²) in [5.74, 6) is -11.2. The molecule has 0 fully saturated rings. The molecular formula is C16H11F5O2. The van der Waals surface area contributed by atoms with Crippen molar-refractivity contribution in [2.24, 2.45) is 0 Å². The first-order valence-corrected chi connectivity index (χ1v) is 6.61. The van der Waals surface area contributed by atoms with Crippen LogP contribution in [-0.4, -0.2) is 5.97 Å². The number of benzene rings is 2. The van der Waals surface area contributed by atoms with Crippen molar-refractivity contribution in [1.29, 1.82) is 0 Å². The summed E-state index contributed by atoms with van der Waals surface area (Å²) in [6, 6.07) is 8.89. The van der Waals surface area contributed by atoms with Crippen molar-refractivity contribution in [2.75, 3.05) is 0 Å². The average molecular weight is 330 g/mol. The summed E-state index contributed by atoms with van der Waals surface area (Å²) < 4.78 is 70.2. The Morgan fingerprint density at radius 3 is 1.91 bits per heavy atom. The molecule has 0 aliphatic carbocycles. The van der Waals surface area contributed by atoms with Crippen LogP contribution in [0.3, 0.4) is 0 Å². The predicted octanol–water partition coefficient (Wildman–Crippen LogP) is 4.06. The highest BCUT2D eigenvalue weighted by molar-refractivity contribution is 5.69. The van der Waals surface area contributed by atoms with E-state index in [2.05, 4.69) is 4.74 Å². The van der Waals surface area contributed by atoms with Gasteiger partial charge in [-0.2, -0.15) is 0 Å². The van der Waals surface area contributed by atoms with Crippen molar-refractivity contribution in [1.82, 2.24) is 0 Å². The standard InChI is InChI=1S/C16H11F5O2/c17-12-10(13(18)15(20)16(21)14(12)19)8-23-11(22)7-6-9-4-2-1-3-5-9/h1-5H,6-8H2. The monoisotopic (exact) mass is 330 g/mol. The van der Waals surface area contributed by atoms with Crippen LogP contribution in [0.4, 0.5) is 22.0 Å². The zero-order valence-corrected chi connectivity index (χ0v) is 11.7. The number of rotatable bonds is 5. The van der Waals surface area contributed by atoms with Gasteiger partial charge in [-0.05, 0) is 12.0 Å². The molecule has 0 N–H and O–H groups in total. The summed E-state index contributed by atoms with van der Waals surface area (Å²) in [7, 11) is 0. The van der Waals surface area contributed by atoms with Crippen molar-refractivity contribution in [3.05, 3.63) is 70.5 Å². The summed E-state index contributed by atoms with van der Waals surface area (Å²) in [6.45, 7) is -1.03. The van der Waals surface area contributed by atoms with E-state index < -0.39 is 47.2 Å². The highest BCUT2D eigenvalue weighted by Crippen LogP contribution is 2.23. The first kappa shape index (κ1) is 16.9. The molecule has 0 spiro atoms. The second-order valence-corrected chi connectivity index (χ2v) is 4.69. The molecule has 0 aromatic heterocycles. The highest BCUT2D eigenvalue weighted by Gasteiger charge is 2.26. The number of hydrogen-bond acceptors (Lipinski definition) is 2. The Balaban J connectivity index is 2.00. The van der Waals surface area contributed by atoms with Crippen LogP contribution >= 0.6 is 0 Å². The minimum atomic E-state index is -2.25. The van der Waals surface area contributed by atoms with Gasteiger partial charge in [-0.25, -0.2) is 22.0 Å². The number of aryl methyl sites for hydroxylation is 1. The molecule has 2 aromatic carbocycles. The van der Waals surface area contributed by atoms with Gasteiger partial charge in [-0.15, -0.1) is 0 Å². The second-order valence-electron chi connectivity index (χ2n) is 4.69. The number of carbonyl (C=O) groups is 1. The Morgan fingerprint density at radius 1 is 0.826 bits per heavy atom. The second kappa shape index (κ2) is 7.21. The van der Waals surface area contributed by atoms with Crippen LogP contribution in [0.25, 0.3) is 0 Å². The topological polar surface area (TPSA) is 26.3 Å². The first-order valence-electron chi connectivity index (χ1n) is 6.61. The number of esters is 1. The Hall–Kier alpha value is -2.44. The van der Waals surface area contributed by atoms with E-state index in [-0.39, 0.29) is 6.42 Å². The molecule has 2 rings (SSSR count). The number of ether oxygens (including phenoxy) is 1. The van der Waals surface area contributed by atoms with Crippen LogP contribution in [0, 0.1) is 29.1 Å². The fraction of sp³-hybridized carbons (Fsp3) is 0.188. The SMILES string of the molecule is O=C(CCc1ccccc1)OCc1c(F)c(F)c(F)c(F)c1F. The van der Waals surface area contributed by atoms with E-state index in [4.69, 9.17) is 0 Å². The van der Waals surface area contributed by atoms with Crippen molar-refractivity contribution in [3.63, 3.8) is 0 Å². The Morgan fingerprint density at radius 2 is 1.35 bits per heavy atom. The van der Waals surface area contributed by atoms with E-state index in [0.717, 1.165) is 5.56 Å². The molecule has 7 heteroatoms. The summed E-state index contributed by atoms with van der Waals surface area (Å²) in [5.41, 5.74) is -0.324. The van der Waals surface area contributed by atoms with Gasteiger partial charge in [-0.1, -0.05) is 30.3 Å². The zero-order valence-electron chi connectivity index (χ0n) is 11.7. The van der Waals surface area contributed by atoms with Gasteiger partial charge in [0.25, 0.3) is 0 Å². The van der Waals surface area contributed by atoms with Gasteiger partial charge in [0.15, 0.2) is 23.3 Å². The average Bonchev–Trinajstić information content (AvgIpc) is 2.57. The first-order chi connectivity index (χ1) is 10.9. The van der Waals surface area contributed by atoms with Crippen molar-refractivity contribution < 1.29 is 31.5 Å². The lowest BCUT2D eigenvalue weighted by Crippen LogP contribution is -2.12. The molecule has 0 unspecified atom stereocenters. The third kappa shape index (κ3) is 3.85. The van der Waals surface area contributed by atoms with Gasteiger partial charge in [0.05, 0.1) is 5.56 Å². The van der Waals surface area contributed by atoms with Gasteiger partial charge >= 0.3 is 5.97 Å². The van der Waals surface area contributed by atoms with E-state index in [1.54, 1.807) is 30.3 Å². The maximum absolute atomic E-state index is 13.4. The van der Waals surface area contributed by atoms with Crippen molar-refractivity contribution in [3.8, 4) is 0 Å². The molecule has 122 valence electrons. The molecule has 0 heterocycles. The Kier molecular flexibility index (Phi) is 5.31. The third-order valence-electron chi connectivity index (χ3n) is 3.14. The lowest BCUT2D eigenvalue weighted by atomic mass is 10.1. The molecule has 0 radical (unpaired) electrons. The molecule has 2 aromatic rings. The maximum Gasteiger partial charge on any atom is 0.306 e. The van der Waals surface area contributed by atoms with Crippen LogP contribution in [0.5, 0.6) is 0 Å². The molecule has 0 saturated heterocycles. The van der Waals surface area contributed by atoms with Crippen molar-refractivity contribution >= 4 is 5.97 Å². The largest absolute Gasteiger partial charge is 0.461 e. The number of hydrogen-bond donors (Lipinski definition) is 0. The van der Waals surface area contributed by atoms with E-state index in [9.17, 15) is 26.7 Å². The Bertz CT molecular complexity index is 687. The molecule has 0 saturated carbocycles. The van der Waals surface area contributed by atoms with E-state index >= 15 is 0 Å². The summed E-state index contributed by atoms with van der Waals surface area (Å²) >= 11 is 0. The van der Waals surface area contributed by atoms with Crippen LogP contribution in [0.1, 0.15) is 17.5 Å². The molecule has 23 heavy (non-hydrogen) atoms. The molecule has 0 atom stereocenters. The fourth-order valence-corrected chi connectivity index (χ4v) is 1.89. The smallest absolute Gasteiger partial charge is 0.306 e. The number of carbonyl (C=O) groups excluding carboxylic acids is 1. The minimum Gasteiger partial charge on any atom is -0.461 e. The predicted molar refractivity (Wildman–Crippen MR) is 70.8 cm³/mol. The number of halogens is 5.